The summed E-state index contributed by atoms with van der Waals surface area (Å²) in [7, 11) is 0. The fourth-order valence-corrected chi connectivity index (χ4v) is 4.50. The van der Waals surface area contributed by atoms with Gasteiger partial charge in [-0.05, 0) is 81.8 Å². The molecule has 0 heterocycles. The van der Waals surface area contributed by atoms with E-state index in [-0.39, 0.29) is 16.8 Å². The van der Waals surface area contributed by atoms with Gasteiger partial charge in [0, 0.05) is 0 Å². The molecular weight excluding hydrogens is 356 g/mol. The van der Waals surface area contributed by atoms with Gasteiger partial charge in [-0.1, -0.05) is 64.1 Å². The van der Waals surface area contributed by atoms with Crippen LogP contribution in [0.2, 0.25) is 0 Å². The number of fused-ring (bicyclic) bond motifs is 2. The molecule has 3 aromatic carbocycles. The van der Waals surface area contributed by atoms with E-state index in [4.69, 9.17) is 4.74 Å². The maximum absolute atomic E-state index is 11.9. The minimum atomic E-state index is -0.269. The summed E-state index contributed by atoms with van der Waals surface area (Å²) in [6, 6.07) is 19.2. The molecule has 0 saturated carbocycles. The second kappa shape index (κ2) is 7.02. The Hall–Kier alpha value is -2.61. The molecule has 0 bridgehead atoms. The average molecular weight is 387 g/mol. The Kier molecular flexibility index (Phi) is 4.77. The minimum Gasteiger partial charge on any atom is -0.462 e. The van der Waals surface area contributed by atoms with Gasteiger partial charge in [0.05, 0.1) is 12.2 Å². The van der Waals surface area contributed by atoms with Crippen molar-refractivity contribution in [2.24, 2.45) is 0 Å². The number of carbonyl (C=O) groups is 1. The molecule has 29 heavy (non-hydrogen) atoms. The largest absolute Gasteiger partial charge is 0.462 e. The van der Waals surface area contributed by atoms with Crippen LogP contribution in [0.4, 0.5) is 0 Å². The first-order valence-electron chi connectivity index (χ1n) is 10.6. The van der Waals surface area contributed by atoms with Crippen LogP contribution in [0.5, 0.6) is 0 Å². The van der Waals surface area contributed by atoms with Gasteiger partial charge in [0.2, 0.25) is 0 Å². The Morgan fingerprint density at radius 3 is 1.93 bits per heavy atom. The van der Waals surface area contributed by atoms with Crippen LogP contribution in [-0.4, -0.2) is 12.6 Å². The highest BCUT2D eigenvalue weighted by Crippen LogP contribution is 2.47. The van der Waals surface area contributed by atoms with Crippen LogP contribution in [0.25, 0.3) is 21.9 Å². The third kappa shape index (κ3) is 3.57. The topological polar surface area (TPSA) is 26.3 Å². The van der Waals surface area contributed by atoms with E-state index in [1.165, 1.54) is 40.3 Å². The highest BCUT2D eigenvalue weighted by molar-refractivity contribution is 5.91. The summed E-state index contributed by atoms with van der Waals surface area (Å²) in [4.78, 5) is 11.9. The monoisotopic (exact) mass is 386 g/mol. The van der Waals surface area contributed by atoms with Gasteiger partial charge >= 0.3 is 5.97 Å². The molecule has 0 atom stereocenters. The lowest BCUT2D eigenvalue weighted by atomic mass is 9.63. The van der Waals surface area contributed by atoms with Crippen molar-refractivity contribution in [3.05, 3.63) is 71.3 Å². The van der Waals surface area contributed by atoms with E-state index in [1.807, 2.05) is 31.2 Å². The van der Waals surface area contributed by atoms with Gasteiger partial charge in [-0.2, -0.15) is 0 Å². The van der Waals surface area contributed by atoms with Gasteiger partial charge < -0.3 is 4.74 Å². The number of ether oxygens (including phenoxy) is 1. The Bertz CT molecular complexity index is 1070. The smallest absolute Gasteiger partial charge is 0.338 e. The van der Waals surface area contributed by atoms with Gasteiger partial charge in [0.15, 0.2) is 0 Å². The summed E-state index contributed by atoms with van der Waals surface area (Å²) < 4.78 is 5.08. The fraction of sp³-hybridized carbons (Fsp3) is 0.370. The summed E-state index contributed by atoms with van der Waals surface area (Å²) in [5.41, 5.74) is 6.27. The van der Waals surface area contributed by atoms with Crippen molar-refractivity contribution in [1.29, 1.82) is 0 Å². The van der Waals surface area contributed by atoms with Crippen molar-refractivity contribution in [2.75, 3.05) is 6.61 Å². The highest BCUT2D eigenvalue weighted by atomic mass is 16.5. The number of benzene rings is 3. The lowest BCUT2D eigenvalue weighted by molar-refractivity contribution is 0.0526. The molecule has 0 radical (unpaired) electrons. The second-order valence-electron chi connectivity index (χ2n) is 9.53. The van der Waals surface area contributed by atoms with Crippen LogP contribution in [0.3, 0.4) is 0 Å². The van der Waals surface area contributed by atoms with Gasteiger partial charge in [0.1, 0.15) is 0 Å². The standard InChI is InChI=1S/C27H30O2/c1-6-29-25(28)19-9-7-18(8-10-19)20-11-12-21-16-23-24(17-22(21)15-20)27(4,5)14-13-26(23,2)3/h7-12,15-17H,6,13-14H2,1-5H3. The van der Waals surface area contributed by atoms with E-state index in [9.17, 15) is 4.79 Å². The molecule has 2 heteroatoms. The zero-order chi connectivity index (χ0) is 20.8. The van der Waals surface area contributed by atoms with Crippen LogP contribution in [0.1, 0.15) is 68.9 Å². The van der Waals surface area contributed by atoms with Crippen molar-refractivity contribution < 1.29 is 9.53 Å². The van der Waals surface area contributed by atoms with Gasteiger partial charge in [-0.15, -0.1) is 0 Å². The zero-order valence-electron chi connectivity index (χ0n) is 18.1. The molecule has 0 fully saturated rings. The molecular formula is C27H30O2. The molecule has 0 spiro atoms. The van der Waals surface area contributed by atoms with Crippen molar-refractivity contribution in [2.45, 2.75) is 58.3 Å². The molecule has 4 rings (SSSR count). The number of carbonyl (C=O) groups excluding carboxylic acids is 1. The fourth-order valence-electron chi connectivity index (χ4n) is 4.50. The summed E-state index contributed by atoms with van der Waals surface area (Å²) in [6.45, 7) is 11.7. The maximum Gasteiger partial charge on any atom is 0.338 e. The molecule has 150 valence electrons. The van der Waals surface area contributed by atoms with E-state index >= 15 is 0 Å². The van der Waals surface area contributed by atoms with Crippen LogP contribution in [0.15, 0.2) is 54.6 Å². The summed E-state index contributed by atoms with van der Waals surface area (Å²) in [5, 5.41) is 2.57. The van der Waals surface area contributed by atoms with Crippen LogP contribution in [0, 0.1) is 0 Å². The average Bonchev–Trinajstić information content (AvgIpc) is 2.70. The first kappa shape index (κ1) is 19.7. The zero-order valence-corrected chi connectivity index (χ0v) is 18.1. The van der Waals surface area contributed by atoms with Crippen molar-refractivity contribution in [3.63, 3.8) is 0 Å². The number of hydrogen-bond acceptors (Lipinski definition) is 2. The summed E-state index contributed by atoms with van der Waals surface area (Å²) >= 11 is 0. The lowest BCUT2D eigenvalue weighted by Crippen LogP contribution is -2.33. The predicted octanol–water partition coefficient (Wildman–Crippen LogP) is 7.03. The number of rotatable bonds is 3. The molecule has 1 aliphatic rings. The highest BCUT2D eigenvalue weighted by Gasteiger charge is 2.37. The van der Waals surface area contributed by atoms with E-state index in [2.05, 4.69) is 58.0 Å². The van der Waals surface area contributed by atoms with Crippen molar-refractivity contribution in [1.82, 2.24) is 0 Å². The maximum atomic E-state index is 11.9. The first-order valence-corrected chi connectivity index (χ1v) is 10.6. The lowest BCUT2D eigenvalue weighted by Gasteiger charge is -2.42. The molecule has 2 nitrogen and oxygen atoms in total. The van der Waals surface area contributed by atoms with Crippen LogP contribution >= 0.6 is 0 Å². The summed E-state index contributed by atoms with van der Waals surface area (Å²) in [5.74, 6) is -0.269. The van der Waals surface area contributed by atoms with Crippen LogP contribution in [-0.2, 0) is 15.6 Å². The predicted molar refractivity (Wildman–Crippen MR) is 121 cm³/mol. The van der Waals surface area contributed by atoms with E-state index in [0.717, 1.165) is 5.56 Å². The van der Waals surface area contributed by atoms with E-state index < -0.39 is 0 Å². The van der Waals surface area contributed by atoms with Crippen molar-refractivity contribution in [3.8, 4) is 11.1 Å². The second-order valence-corrected chi connectivity index (χ2v) is 9.53. The Balaban J connectivity index is 1.76. The molecule has 0 aliphatic heterocycles. The Morgan fingerprint density at radius 2 is 1.34 bits per heavy atom. The SMILES string of the molecule is CCOC(=O)c1ccc(-c2ccc3cc4c(cc3c2)C(C)(C)CCC4(C)C)cc1. The third-order valence-electron chi connectivity index (χ3n) is 6.54. The molecule has 1 aliphatic carbocycles. The van der Waals surface area contributed by atoms with Gasteiger partial charge in [-0.3, -0.25) is 0 Å². The molecule has 0 N–H and O–H groups in total. The molecule has 3 aromatic rings. The molecule has 0 amide bonds. The van der Waals surface area contributed by atoms with E-state index in [1.54, 1.807) is 0 Å². The Labute approximate surface area is 173 Å². The number of hydrogen-bond donors (Lipinski definition) is 0. The van der Waals surface area contributed by atoms with Gasteiger partial charge in [0.25, 0.3) is 0 Å². The molecule has 0 saturated heterocycles. The molecule has 0 aromatic heterocycles. The van der Waals surface area contributed by atoms with Crippen LogP contribution < -0.4 is 0 Å². The molecule has 0 unspecified atom stereocenters. The van der Waals surface area contributed by atoms with Crippen molar-refractivity contribution >= 4 is 16.7 Å². The minimum absolute atomic E-state index is 0.205. The summed E-state index contributed by atoms with van der Waals surface area (Å²) in [6.07, 6.45) is 2.44. The van der Waals surface area contributed by atoms with Gasteiger partial charge in [-0.25, -0.2) is 4.79 Å². The first-order chi connectivity index (χ1) is 13.7. The third-order valence-corrected chi connectivity index (χ3v) is 6.54. The Morgan fingerprint density at radius 1 is 0.793 bits per heavy atom. The normalized spacial score (nSPS) is 17.0. The quantitative estimate of drug-likeness (QED) is 0.452. The van der Waals surface area contributed by atoms with E-state index in [0.29, 0.717) is 12.2 Å². The number of esters is 1.